The molecule has 0 aliphatic carbocycles. The van der Waals surface area contributed by atoms with Gasteiger partial charge >= 0.3 is 0 Å². The second kappa shape index (κ2) is 7.97. The molecule has 6 heteroatoms. The maximum absolute atomic E-state index is 12.7. The van der Waals surface area contributed by atoms with E-state index in [1.807, 2.05) is 19.1 Å². The average Bonchev–Trinajstić information content (AvgIpc) is 2.68. The van der Waals surface area contributed by atoms with Crippen molar-refractivity contribution in [2.24, 2.45) is 0 Å². The third-order valence-electron chi connectivity index (χ3n) is 3.84. The van der Waals surface area contributed by atoms with Gasteiger partial charge in [-0.15, -0.1) is 0 Å². The Balaban J connectivity index is 1.72. The summed E-state index contributed by atoms with van der Waals surface area (Å²) in [5.74, 6) is -0.312. The Morgan fingerprint density at radius 3 is 2.44 bits per heavy atom. The number of aryl methyl sites for hydroxylation is 1. The number of nitrogens with one attached hydrogen (secondary N) is 1. The molecule has 136 valence electrons. The highest BCUT2D eigenvalue weighted by Gasteiger charge is 2.17. The van der Waals surface area contributed by atoms with Crippen LogP contribution in [0.3, 0.4) is 0 Å². The van der Waals surface area contributed by atoms with E-state index in [-0.39, 0.29) is 15.7 Å². The van der Waals surface area contributed by atoms with Crippen molar-refractivity contribution in [3.05, 3.63) is 90.3 Å². The summed E-state index contributed by atoms with van der Waals surface area (Å²) in [6, 6.07) is 16.5. The van der Waals surface area contributed by atoms with Crippen LogP contribution in [0.15, 0.2) is 88.9 Å². The highest BCUT2D eigenvalue weighted by Crippen LogP contribution is 2.23. The fourth-order valence-electron chi connectivity index (χ4n) is 2.47. The molecule has 1 heterocycles. The van der Waals surface area contributed by atoms with E-state index in [1.165, 1.54) is 18.2 Å². The number of sulfone groups is 1. The molecule has 0 saturated heterocycles. The second-order valence-corrected chi connectivity index (χ2v) is 7.90. The highest BCUT2D eigenvalue weighted by atomic mass is 32.2. The third kappa shape index (κ3) is 4.68. The topological polar surface area (TPSA) is 76.1 Å². The first-order valence-electron chi connectivity index (χ1n) is 8.26. The van der Waals surface area contributed by atoms with Gasteiger partial charge in [-0.1, -0.05) is 18.2 Å². The monoisotopic (exact) mass is 378 g/mol. The molecule has 3 aromatic rings. The van der Waals surface area contributed by atoms with Gasteiger partial charge < -0.3 is 5.32 Å². The summed E-state index contributed by atoms with van der Waals surface area (Å²) < 4.78 is 25.3. The van der Waals surface area contributed by atoms with Crippen molar-refractivity contribution in [2.75, 3.05) is 5.32 Å². The van der Waals surface area contributed by atoms with E-state index in [4.69, 9.17) is 0 Å². The van der Waals surface area contributed by atoms with E-state index in [1.54, 1.807) is 54.9 Å². The highest BCUT2D eigenvalue weighted by molar-refractivity contribution is 7.91. The maximum atomic E-state index is 12.7. The quantitative estimate of drug-likeness (QED) is 0.684. The third-order valence-corrected chi connectivity index (χ3v) is 5.61. The van der Waals surface area contributed by atoms with Crippen molar-refractivity contribution in [3.63, 3.8) is 0 Å². The summed E-state index contributed by atoms with van der Waals surface area (Å²) >= 11 is 0. The lowest BCUT2D eigenvalue weighted by molar-refractivity contribution is -0.111. The summed E-state index contributed by atoms with van der Waals surface area (Å²) in [7, 11) is -3.59. The van der Waals surface area contributed by atoms with Gasteiger partial charge in [0.15, 0.2) is 0 Å². The van der Waals surface area contributed by atoms with Crippen LogP contribution < -0.4 is 5.32 Å². The van der Waals surface area contributed by atoms with Crippen molar-refractivity contribution >= 4 is 27.5 Å². The van der Waals surface area contributed by atoms with Crippen molar-refractivity contribution in [1.82, 2.24) is 4.98 Å². The molecule has 1 aromatic heterocycles. The smallest absolute Gasteiger partial charge is 0.248 e. The Bertz CT molecular complexity index is 1070. The van der Waals surface area contributed by atoms with Gasteiger partial charge in [0.25, 0.3) is 0 Å². The Morgan fingerprint density at radius 1 is 1.00 bits per heavy atom. The zero-order chi connectivity index (χ0) is 19.3. The van der Waals surface area contributed by atoms with Crippen LogP contribution in [0, 0.1) is 6.92 Å². The molecule has 27 heavy (non-hydrogen) atoms. The van der Waals surface area contributed by atoms with Gasteiger partial charge in [0.2, 0.25) is 15.7 Å². The van der Waals surface area contributed by atoms with E-state index >= 15 is 0 Å². The number of rotatable bonds is 5. The zero-order valence-electron chi connectivity index (χ0n) is 14.7. The number of nitrogens with zero attached hydrogens (tertiary/aromatic N) is 1. The van der Waals surface area contributed by atoms with Crippen LogP contribution in [0.4, 0.5) is 5.69 Å². The zero-order valence-corrected chi connectivity index (χ0v) is 15.5. The van der Waals surface area contributed by atoms with E-state index in [2.05, 4.69) is 10.3 Å². The lowest BCUT2D eigenvalue weighted by Crippen LogP contribution is -2.08. The van der Waals surface area contributed by atoms with Gasteiger partial charge in [-0.2, -0.15) is 0 Å². The fraction of sp³-hybridized carbons (Fsp3) is 0.0476. The van der Waals surface area contributed by atoms with Crippen molar-refractivity contribution in [1.29, 1.82) is 0 Å². The Labute approximate surface area is 158 Å². The predicted molar refractivity (Wildman–Crippen MR) is 105 cm³/mol. The number of pyridine rings is 1. The van der Waals surface area contributed by atoms with Crippen LogP contribution in [0.2, 0.25) is 0 Å². The summed E-state index contributed by atoms with van der Waals surface area (Å²) in [6.07, 6.45) is 6.35. The first-order chi connectivity index (χ1) is 12.9. The van der Waals surface area contributed by atoms with Gasteiger partial charge in [0.1, 0.15) is 0 Å². The van der Waals surface area contributed by atoms with E-state index in [9.17, 15) is 13.2 Å². The minimum atomic E-state index is -3.59. The molecule has 0 unspecified atom stereocenters. The van der Waals surface area contributed by atoms with E-state index in [0.29, 0.717) is 5.69 Å². The summed E-state index contributed by atoms with van der Waals surface area (Å²) in [6.45, 7) is 1.84. The molecule has 0 fully saturated rings. The molecule has 0 bridgehead atoms. The normalized spacial score (nSPS) is 11.4. The van der Waals surface area contributed by atoms with E-state index < -0.39 is 9.84 Å². The van der Waals surface area contributed by atoms with Crippen LogP contribution in [-0.4, -0.2) is 19.3 Å². The molecule has 1 N–H and O–H groups in total. The lowest BCUT2D eigenvalue weighted by atomic mass is 10.2. The molecule has 5 nitrogen and oxygen atoms in total. The molecule has 3 rings (SSSR count). The molecule has 0 saturated carbocycles. The fourth-order valence-corrected chi connectivity index (χ4v) is 3.83. The predicted octanol–water partition coefficient (Wildman–Crippen LogP) is 3.87. The molecule has 0 radical (unpaired) electrons. The van der Waals surface area contributed by atoms with Gasteiger partial charge in [-0.05, 0) is 66.6 Å². The van der Waals surface area contributed by atoms with Crippen LogP contribution >= 0.6 is 0 Å². The standard InChI is InChI=1S/C21H18N2O3S/c1-16-4-2-6-20(14-16)27(25,26)19-10-8-18(9-11-19)23-21(24)12-7-17-5-3-13-22-15-17/h2-15H,1H3,(H,23,24). The van der Waals surface area contributed by atoms with Crippen LogP contribution in [0.25, 0.3) is 6.08 Å². The number of hydrogen-bond acceptors (Lipinski definition) is 4. The van der Waals surface area contributed by atoms with Crippen molar-refractivity contribution < 1.29 is 13.2 Å². The molecule has 2 aromatic carbocycles. The number of carbonyl (C=O) groups excluding carboxylic acids is 1. The number of aromatic nitrogens is 1. The maximum Gasteiger partial charge on any atom is 0.248 e. The van der Waals surface area contributed by atoms with E-state index in [0.717, 1.165) is 11.1 Å². The van der Waals surface area contributed by atoms with Crippen molar-refractivity contribution in [2.45, 2.75) is 16.7 Å². The Morgan fingerprint density at radius 2 is 1.78 bits per heavy atom. The van der Waals surface area contributed by atoms with Gasteiger partial charge in [0.05, 0.1) is 9.79 Å². The molecular weight excluding hydrogens is 360 g/mol. The minimum absolute atomic E-state index is 0.178. The van der Waals surface area contributed by atoms with Crippen LogP contribution in [-0.2, 0) is 14.6 Å². The first kappa shape index (κ1) is 18.5. The van der Waals surface area contributed by atoms with Gasteiger partial charge in [-0.3, -0.25) is 9.78 Å². The van der Waals surface area contributed by atoms with Gasteiger partial charge in [0, 0.05) is 24.2 Å². The molecule has 0 aliphatic rings. The number of benzene rings is 2. The summed E-state index contributed by atoms with van der Waals surface area (Å²) in [5.41, 5.74) is 2.20. The number of anilines is 1. The summed E-state index contributed by atoms with van der Waals surface area (Å²) in [4.78, 5) is 16.4. The minimum Gasteiger partial charge on any atom is -0.323 e. The van der Waals surface area contributed by atoms with Crippen LogP contribution in [0.1, 0.15) is 11.1 Å². The Kier molecular flexibility index (Phi) is 5.47. The molecule has 0 spiro atoms. The average molecular weight is 378 g/mol. The SMILES string of the molecule is Cc1cccc(S(=O)(=O)c2ccc(NC(=O)C=Cc3cccnc3)cc2)c1. The number of carbonyl (C=O) groups is 1. The van der Waals surface area contributed by atoms with Crippen LogP contribution in [0.5, 0.6) is 0 Å². The largest absolute Gasteiger partial charge is 0.323 e. The molecule has 0 atom stereocenters. The number of amides is 1. The van der Waals surface area contributed by atoms with Crippen molar-refractivity contribution in [3.8, 4) is 0 Å². The second-order valence-electron chi connectivity index (χ2n) is 5.95. The summed E-state index contributed by atoms with van der Waals surface area (Å²) in [5, 5.41) is 2.70. The molecule has 1 amide bonds. The molecule has 0 aliphatic heterocycles. The molecular formula is C21H18N2O3S. The number of hydrogen-bond donors (Lipinski definition) is 1. The Hall–Kier alpha value is -3.25. The van der Waals surface area contributed by atoms with Gasteiger partial charge in [-0.25, -0.2) is 8.42 Å². The first-order valence-corrected chi connectivity index (χ1v) is 9.74. The lowest BCUT2D eigenvalue weighted by Gasteiger charge is -2.07.